The van der Waals surface area contributed by atoms with Gasteiger partial charge >= 0.3 is 11.9 Å². The Bertz CT molecular complexity index is 483. The molecule has 0 aromatic heterocycles. The van der Waals surface area contributed by atoms with Crippen molar-refractivity contribution in [1.82, 2.24) is 0 Å². The average Bonchev–Trinajstić information content (AvgIpc) is 2.46. The van der Waals surface area contributed by atoms with Crippen LogP contribution in [0.1, 0.15) is 24.8 Å². The van der Waals surface area contributed by atoms with Crippen molar-refractivity contribution in [3.63, 3.8) is 0 Å². The Labute approximate surface area is 117 Å². The third kappa shape index (κ3) is 3.73. The van der Waals surface area contributed by atoms with Gasteiger partial charge in [-0.25, -0.2) is 0 Å². The van der Waals surface area contributed by atoms with E-state index in [1.165, 1.54) is 0 Å². The fourth-order valence-electron chi connectivity index (χ4n) is 2.54. The van der Waals surface area contributed by atoms with Crippen molar-refractivity contribution in [2.24, 2.45) is 5.92 Å². The van der Waals surface area contributed by atoms with Gasteiger partial charge in [-0.05, 0) is 37.0 Å². The van der Waals surface area contributed by atoms with Gasteiger partial charge in [0, 0.05) is 25.2 Å². The van der Waals surface area contributed by atoms with E-state index in [2.05, 4.69) is 4.90 Å². The SMILES string of the molecule is O=C(O)CCc1ccc(N2CCCC(C(=O)O)C2)cc1. The van der Waals surface area contributed by atoms with E-state index in [9.17, 15) is 9.59 Å². The first-order valence-corrected chi connectivity index (χ1v) is 6.85. The molecule has 0 spiro atoms. The van der Waals surface area contributed by atoms with Gasteiger partial charge in [-0.3, -0.25) is 9.59 Å². The van der Waals surface area contributed by atoms with Crippen molar-refractivity contribution in [1.29, 1.82) is 0 Å². The van der Waals surface area contributed by atoms with E-state index >= 15 is 0 Å². The van der Waals surface area contributed by atoms with E-state index in [0.29, 0.717) is 13.0 Å². The highest BCUT2D eigenvalue weighted by atomic mass is 16.4. The Hall–Kier alpha value is -2.04. The largest absolute Gasteiger partial charge is 0.481 e. The molecule has 1 atom stereocenters. The Balaban J connectivity index is 1.98. The van der Waals surface area contributed by atoms with Crippen LogP contribution >= 0.6 is 0 Å². The number of carbonyl (C=O) groups is 2. The number of hydrogen-bond donors (Lipinski definition) is 2. The summed E-state index contributed by atoms with van der Waals surface area (Å²) < 4.78 is 0. The molecule has 0 radical (unpaired) electrons. The molecular weight excluding hydrogens is 258 g/mol. The predicted molar refractivity (Wildman–Crippen MR) is 75.0 cm³/mol. The van der Waals surface area contributed by atoms with Crippen LogP contribution in [0.4, 0.5) is 5.69 Å². The van der Waals surface area contributed by atoms with E-state index in [4.69, 9.17) is 10.2 Å². The van der Waals surface area contributed by atoms with Gasteiger partial charge in [-0.15, -0.1) is 0 Å². The van der Waals surface area contributed by atoms with Gasteiger partial charge in [-0.1, -0.05) is 12.1 Å². The molecule has 1 aliphatic heterocycles. The Morgan fingerprint density at radius 2 is 1.90 bits per heavy atom. The Kier molecular flexibility index (Phi) is 4.61. The number of anilines is 1. The van der Waals surface area contributed by atoms with E-state index < -0.39 is 11.9 Å². The number of aliphatic carboxylic acids is 2. The highest BCUT2D eigenvalue weighted by Gasteiger charge is 2.25. The second kappa shape index (κ2) is 6.41. The monoisotopic (exact) mass is 277 g/mol. The summed E-state index contributed by atoms with van der Waals surface area (Å²) in [5, 5.41) is 17.7. The summed E-state index contributed by atoms with van der Waals surface area (Å²) in [6, 6.07) is 7.73. The summed E-state index contributed by atoms with van der Waals surface area (Å²) in [7, 11) is 0. The van der Waals surface area contributed by atoms with Gasteiger partial charge in [0.15, 0.2) is 0 Å². The predicted octanol–water partition coefficient (Wildman–Crippen LogP) is 2.00. The number of benzene rings is 1. The lowest BCUT2D eigenvalue weighted by Gasteiger charge is -2.32. The molecule has 2 rings (SSSR count). The minimum atomic E-state index is -0.797. The molecule has 5 heteroatoms. The van der Waals surface area contributed by atoms with E-state index in [1.807, 2.05) is 24.3 Å². The van der Waals surface area contributed by atoms with Gasteiger partial charge in [-0.2, -0.15) is 0 Å². The Morgan fingerprint density at radius 3 is 2.50 bits per heavy atom. The quantitative estimate of drug-likeness (QED) is 0.860. The topological polar surface area (TPSA) is 77.8 Å². The fourth-order valence-corrected chi connectivity index (χ4v) is 2.54. The smallest absolute Gasteiger partial charge is 0.308 e. The summed E-state index contributed by atoms with van der Waals surface area (Å²) >= 11 is 0. The van der Waals surface area contributed by atoms with Gasteiger partial charge in [0.05, 0.1) is 5.92 Å². The number of hydrogen-bond acceptors (Lipinski definition) is 3. The lowest BCUT2D eigenvalue weighted by atomic mass is 9.97. The number of nitrogens with zero attached hydrogens (tertiary/aromatic N) is 1. The first-order chi connectivity index (χ1) is 9.56. The molecule has 0 saturated carbocycles. The number of aryl methyl sites for hydroxylation is 1. The number of carboxylic acid groups (broad SMARTS) is 2. The molecule has 108 valence electrons. The molecule has 0 bridgehead atoms. The first kappa shape index (κ1) is 14.4. The van der Waals surface area contributed by atoms with Crippen molar-refractivity contribution in [3.05, 3.63) is 29.8 Å². The van der Waals surface area contributed by atoms with E-state index in [-0.39, 0.29) is 12.3 Å². The molecular formula is C15H19NO4. The third-order valence-electron chi connectivity index (χ3n) is 3.70. The van der Waals surface area contributed by atoms with Crippen molar-refractivity contribution in [2.45, 2.75) is 25.7 Å². The highest BCUT2D eigenvalue weighted by Crippen LogP contribution is 2.23. The standard InChI is InChI=1S/C15H19NO4/c17-14(18)8-5-11-3-6-13(7-4-11)16-9-1-2-12(10-16)15(19)20/h3-4,6-7,12H,1-2,5,8-10H2,(H,17,18)(H,19,20). The molecule has 1 aliphatic rings. The van der Waals surface area contributed by atoms with Crippen molar-refractivity contribution < 1.29 is 19.8 Å². The third-order valence-corrected chi connectivity index (χ3v) is 3.70. The second-order valence-corrected chi connectivity index (χ2v) is 5.18. The Morgan fingerprint density at radius 1 is 1.20 bits per heavy atom. The molecule has 1 aromatic carbocycles. The molecule has 1 unspecified atom stereocenters. The molecule has 0 aliphatic carbocycles. The number of piperidine rings is 1. The van der Waals surface area contributed by atoms with Crippen LogP contribution in [0.15, 0.2) is 24.3 Å². The van der Waals surface area contributed by atoms with E-state index in [0.717, 1.165) is 30.6 Å². The summed E-state index contributed by atoms with van der Waals surface area (Å²) in [5.41, 5.74) is 2.00. The van der Waals surface area contributed by atoms with Crippen LogP contribution in [-0.4, -0.2) is 35.2 Å². The lowest BCUT2D eigenvalue weighted by molar-refractivity contribution is -0.142. The molecule has 20 heavy (non-hydrogen) atoms. The summed E-state index contributed by atoms with van der Waals surface area (Å²) in [6.07, 6.45) is 2.28. The van der Waals surface area contributed by atoms with Crippen LogP contribution in [0.3, 0.4) is 0 Å². The first-order valence-electron chi connectivity index (χ1n) is 6.85. The van der Waals surface area contributed by atoms with E-state index in [1.54, 1.807) is 0 Å². The molecule has 5 nitrogen and oxygen atoms in total. The maximum Gasteiger partial charge on any atom is 0.308 e. The zero-order chi connectivity index (χ0) is 14.5. The van der Waals surface area contributed by atoms with Crippen LogP contribution < -0.4 is 4.90 Å². The fraction of sp³-hybridized carbons (Fsp3) is 0.467. The molecule has 1 fully saturated rings. The molecule has 1 aromatic rings. The zero-order valence-electron chi connectivity index (χ0n) is 11.3. The van der Waals surface area contributed by atoms with Crippen molar-refractivity contribution in [2.75, 3.05) is 18.0 Å². The van der Waals surface area contributed by atoms with Crippen LogP contribution in [0.2, 0.25) is 0 Å². The summed E-state index contributed by atoms with van der Waals surface area (Å²) in [4.78, 5) is 23.7. The maximum absolute atomic E-state index is 11.1. The highest BCUT2D eigenvalue weighted by molar-refractivity contribution is 5.71. The minimum absolute atomic E-state index is 0.129. The van der Waals surface area contributed by atoms with Crippen molar-refractivity contribution in [3.8, 4) is 0 Å². The van der Waals surface area contributed by atoms with Crippen LogP contribution in [0, 0.1) is 5.92 Å². The molecule has 2 N–H and O–H groups in total. The van der Waals surface area contributed by atoms with Crippen LogP contribution in [0.5, 0.6) is 0 Å². The van der Waals surface area contributed by atoms with Gasteiger partial charge in [0.2, 0.25) is 0 Å². The number of rotatable bonds is 5. The molecule has 1 heterocycles. The summed E-state index contributed by atoms with van der Waals surface area (Å²) in [6.45, 7) is 1.42. The zero-order valence-corrected chi connectivity index (χ0v) is 11.3. The van der Waals surface area contributed by atoms with Gasteiger partial charge < -0.3 is 15.1 Å². The second-order valence-electron chi connectivity index (χ2n) is 5.18. The van der Waals surface area contributed by atoms with Crippen LogP contribution in [0.25, 0.3) is 0 Å². The van der Waals surface area contributed by atoms with Gasteiger partial charge in [0.1, 0.15) is 0 Å². The molecule has 0 amide bonds. The summed E-state index contributed by atoms with van der Waals surface area (Å²) in [5.74, 6) is -1.82. The minimum Gasteiger partial charge on any atom is -0.481 e. The van der Waals surface area contributed by atoms with Crippen LogP contribution in [-0.2, 0) is 16.0 Å². The lowest BCUT2D eigenvalue weighted by Crippen LogP contribution is -2.38. The van der Waals surface area contributed by atoms with Crippen molar-refractivity contribution >= 4 is 17.6 Å². The maximum atomic E-state index is 11.1. The molecule has 1 saturated heterocycles. The average molecular weight is 277 g/mol. The number of carboxylic acids is 2. The normalized spacial score (nSPS) is 18.8. The van der Waals surface area contributed by atoms with Gasteiger partial charge in [0.25, 0.3) is 0 Å².